The minimum atomic E-state index is -0.385. The first kappa shape index (κ1) is 17.1. The van der Waals surface area contributed by atoms with Gasteiger partial charge in [-0.1, -0.05) is 13.8 Å². The van der Waals surface area contributed by atoms with E-state index in [1.165, 1.54) is 6.07 Å². The van der Waals surface area contributed by atoms with Gasteiger partial charge in [0.25, 0.3) is 5.91 Å². The maximum atomic E-state index is 11.8. The Balaban J connectivity index is 2.21. The lowest BCUT2D eigenvalue weighted by molar-refractivity contribution is -0.124. The molecule has 0 fully saturated rings. The Morgan fingerprint density at radius 2 is 1.96 bits per heavy atom. The zero-order chi connectivity index (χ0) is 17.2. The van der Waals surface area contributed by atoms with Crippen LogP contribution in [0.2, 0.25) is 0 Å². The summed E-state index contributed by atoms with van der Waals surface area (Å²) in [5.41, 5.74) is 0.718. The van der Waals surface area contributed by atoms with E-state index in [1.807, 2.05) is 40.7 Å². The zero-order valence-electron chi connectivity index (χ0n) is 14.2. The van der Waals surface area contributed by atoms with Crippen molar-refractivity contribution in [3.8, 4) is 5.75 Å². The van der Waals surface area contributed by atoms with Gasteiger partial charge in [-0.25, -0.2) is 4.79 Å². The monoisotopic (exact) mass is 317 g/mol. The molecular formula is C18H23NO4. The molecule has 5 heteroatoms. The summed E-state index contributed by atoms with van der Waals surface area (Å²) >= 11 is 0. The van der Waals surface area contributed by atoms with Crippen LogP contribution in [0.15, 0.2) is 33.5 Å². The molecule has 2 aromatic rings. The molecule has 1 amide bonds. The van der Waals surface area contributed by atoms with E-state index in [2.05, 4.69) is 5.32 Å². The Hall–Kier alpha value is -2.30. The van der Waals surface area contributed by atoms with Crippen LogP contribution in [-0.2, 0) is 4.79 Å². The summed E-state index contributed by atoms with van der Waals surface area (Å²) in [4.78, 5) is 23.5. The van der Waals surface area contributed by atoms with Crippen LogP contribution in [0.3, 0.4) is 0 Å². The van der Waals surface area contributed by atoms with Crippen molar-refractivity contribution in [2.75, 3.05) is 6.61 Å². The molecule has 23 heavy (non-hydrogen) atoms. The van der Waals surface area contributed by atoms with Crippen LogP contribution in [0.5, 0.6) is 5.75 Å². The first-order valence-corrected chi connectivity index (χ1v) is 7.67. The molecule has 0 saturated heterocycles. The average Bonchev–Trinajstić information content (AvgIpc) is 2.41. The van der Waals surface area contributed by atoms with Gasteiger partial charge in [-0.15, -0.1) is 0 Å². The Kier molecular flexibility index (Phi) is 4.78. The third-order valence-electron chi connectivity index (χ3n) is 3.25. The fourth-order valence-corrected chi connectivity index (χ4v) is 2.34. The number of benzene rings is 1. The summed E-state index contributed by atoms with van der Waals surface area (Å²) in [6.45, 7) is 9.68. The Labute approximate surface area is 135 Å². The summed E-state index contributed by atoms with van der Waals surface area (Å²) in [6.07, 6.45) is 0. The Morgan fingerprint density at radius 1 is 1.26 bits per heavy atom. The van der Waals surface area contributed by atoms with E-state index in [1.54, 1.807) is 12.1 Å². The van der Waals surface area contributed by atoms with Crippen molar-refractivity contribution in [2.24, 2.45) is 0 Å². The number of hydrogen-bond acceptors (Lipinski definition) is 4. The summed E-state index contributed by atoms with van der Waals surface area (Å²) in [5.74, 6) is 0.506. The molecule has 1 aromatic carbocycles. The van der Waals surface area contributed by atoms with Gasteiger partial charge < -0.3 is 14.5 Å². The molecule has 0 aliphatic carbocycles. The maximum absolute atomic E-state index is 11.8. The summed E-state index contributed by atoms with van der Waals surface area (Å²) < 4.78 is 10.7. The standard InChI is InChI=1S/C18H23NO4/c1-11(2)14-9-17(21)23-15-8-12(6-7-13(14)15)22-10-16(20)19-18(3,4)5/h6-9,11H,10H2,1-5H3,(H,19,20). The van der Waals surface area contributed by atoms with Crippen molar-refractivity contribution in [2.45, 2.75) is 46.1 Å². The molecule has 0 aliphatic rings. The second-order valence-electron chi connectivity index (χ2n) is 6.92. The Bertz CT molecular complexity index is 769. The predicted molar refractivity (Wildman–Crippen MR) is 90.0 cm³/mol. The van der Waals surface area contributed by atoms with E-state index in [4.69, 9.17) is 9.15 Å². The SMILES string of the molecule is CC(C)c1cc(=O)oc2cc(OCC(=O)NC(C)(C)C)ccc12. The topological polar surface area (TPSA) is 68.5 Å². The van der Waals surface area contributed by atoms with Crippen molar-refractivity contribution in [1.82, 2.24) is 5.32 Å². The van der Waals surface area contributed by atoms with Gasteiger partial charge in [-0.05, 0) is 44.4 Å². The molecule has 0 atom stereocenters. The smallest absolute Gasteiger partial charge is 0.336 e. The number of amides is 1. The maximum Gasteiger partial charge on any atom is 0.336 e. The van der Waals surface area contributed by atoms with Crippen molar-refractivity contribution >= 4 is 16.9 Å². The van der Waals surface area contributed by atoms with E-state index >= 15 is 0 Å². The van der Waals surface area contributed by atoms with Gasteiger partial charge in [0.05, 0.1) is 0 Å². The molecule has 2 rings (SSSR count). The zero-order valence-corrected chi connectivity index (χ0v) is 14.2. The van der Waals surface area contributed by atoms with Gasteiger partial charge in [0, 0.05) is 23.1 Å². The molecule has 0 spiro atoms. The molecule has 0 aliphatic heterocycles. The highest BCUT2D eigenvalue weighted by Gasteiger charge is 2.14. The van der Waals surface area contributed by atoms with Gasteiger partial charge in [-0.2, -0.15) is 0 Å². The molecule has 1 heterocycles. The normalized spacial score (nSPS) is 11.7. The van der Waals surface area contributed by atoms with E-state index in [9.17, 15) is 9.59 Å². The van der Waals surface area contributed by atoms with Crippen molar-refractivity contribution in [1.29, 1.82) is 0 Å². The van der Waals surface area contributed by atoms with Crippen LogP contribution < -0.4 is 15.7 Å². The van der Waals surface area contributed by atoms with Crippen LogP contribution in [0.25, 0.3) is 11.0 Å². The van der Waals surface area contributed by atoms with Crippen LogP contribution >= 0.6 is 0 Å². The minimum absolute atomic E-state index is 0.0864. The lowest BCUT2D eigenvalue weighted by Crippen LogP contribution is -2.43. The molecule has 0 unspecified atom stereocenters. The lowest BCUT2D eigenvalue weighted by Gasteiger charge is -2.20. The van der Waals surface area contributed by atoms with E-state index < -0.39 is 0 Å². The minimum Gasteiger partial charge on any atom is -0.484 e. The predicted octanol–water partition coefficient (Wildman–Crippen LogP) is 3.21. The number of ether oxygens (including phenoxy) is 1. The molecule has 124 valence electrons. The molecular weight excluding hydrogens is 294 g/mol. The second kappa shape index (κ2) is 6.44. The summed E-state index contributed by atoms with van der Waals surface area (Å²) in [6, 6.07) is 6.79. The molecule has 0 bridgehead atoms. The van der Waals surface area contributed by atoms with Crippen molar-refractivity contribution in [3.05, 3.63) is 40.2 Å². The van der Waals surface area contributed by atoms with Gasteiger partial charge in [0.15, 0.2) is 6.61 Å². The fourth-order valence-electron chi connectivity index (χ4n) is 2.34. The highest BCUT2D eigenvalue weighted by atomic mass is 16.5. The fraction of sp³-hybridized carbons (Fsp3) is 0.444. The number of carbonyl (C=O) groups is 1. The first-order chi connectivity index (χ1) is 10.7. The largest absolute Gasteiger partial charge is 0.484 e. The molecule has 5 nitrogen and oxygen atoms in total. The number of hydrogen-bond donors (Lipinski definition) is 1. The molecule has 1 aromatic heterocycles. The Morgan fingerprint density at radius 3 is 2.57 bits per heavy atom. The number of nitrogens with one attached hydrogen (secondary N) is 1. The van der Waals surface area contributed by atoms with Gasteiger partial charge in [0.1, 0.15) is 11.3 Å². The van der Waals surface area contributed by atoms with E-state index in [0.717, 1.165) is 10.9 Å². The van der Waals surface area contributed by atoms with Crippen LogP contribution in [0.4, 0.5) is 0 Å². The highest BCUT2D eigenvalue weighted by molar-refractivity contribution is 5.82. The van der Waals surface area contributed by atoms with Crippen LogP contribution in [0.1, 0.15) is 46.1 Å². The first-order valence-electron chi connectivity index (χ1n) is 7.67. The summed E-state index contributed by atoms with van der Waals surface area (Å²) in [7, 11) is 0. The summed E-state index contributed by atoms with van der Waals surface area (Å²) in [5, 5.41) is 3.70. The van der Waals surface area contributed by atoms with Crippen LogP contribution in [0, 0.1) is 0 Å². The van der Waals surface area contributed by atoms with Crippen molar-refractivity contribution < 1.29 is 13.9 Å². The number of rotatable bonds is 4. The van der Waals surface area contributed by atoms with Crippen LogP contribution in [-0.4, -0.2) is 18.1 Å². The van der Waals surface area contributed by atoms with Gasteiger partial charge >= 0.3 is 5.63 Å². The lowest BCUT2D eigenvalue weighted by atomic mass is 10.00. The number of carbonyl (C=O) groups excluding carboxylic acids is 1. The molecule has 1 N–H and O–H groups in total. The average molecular weight is 317 g/mol. The molecule has 0 radical (unpaired) electrons. The second-order valence-corrected chi connectivity index (χ2v) is 6.92. The van der Waals surface area contributed by atoms with Crippen molar-refractivity contribution in [3.63, 3.8) is 0 Å². The van der Waals surface area contributed by atoms with E-state index in [0.29, 0.717) is 11.3 Å². The molecule has 0 saturated carbocycles. The quantitative estimate of drug-likeness (QED) is 0.879. The third-order valence-corrected chi connectivity index (χ3v) is 3.25. The van der Waals surface area contributed by atoms with Gasteiger partial charge in [-0.3, -0.25) is 4.79 Å². The van der Waals surface area contributed by atoms with E-state index in [-0.39, 0.29) is 29.6 Å². The highest BCUT2D eigenvalue weighted by Crippen LogP contribution is 2.26. The third kappa shape index (κ3) is 4.58. The number of fused-ring (bicyclic) bond motifs is 1. The van der Waals surface area contributed by atoms with Gasteiger partial charge in [0.2, 0.25) is 0 Å².